The molecule has 2 rings (SSSR count). The molecule has 5 heteroatoms. The number of nitrogens with one attached hydrogen (secondary N) is 1. The number of carbonyl (C=O) groups excluding carboxylic acids is 1. The zero-order valence-corrected chi connectivity index (χ0v) is 14.7. The molecular weight excluding hydrogens is 398 g/mol. The molecule has 0 saturated heterocycles. The van der Waals surface area contributed by atoms with E-state index < -0.39 is 0 Å². The summed E-state index contributed by atoms with van der Waals surface area (Å²) in [7, 11) is 1.67. The molecule has 0 aliphatic heterocycles. The Morgan fingerprint density at radius 1 is 1.19 bits per heavy atom. The molecule has 0 saturated carbocycles. The zero-order chi connectivity index (χ0) is 15.2. The van der Waals surface area contributed by atoms with Crippen LogP contribution in [0, 0.1) is 0 Å². The van der Waals surface area contributed by atoms with Crippen molar-refractivity contribution in [3.8, 4) is 0 Å². The molecule has 0 radical (unpaired) electrons. The van der Waals surface area contributed by atoms with E-state index in [0.717, 1.165) is 26.6 Å². The second-order valence-corrected chi connectivity index (χ2v) is 6.25. The van der Waals surface area contributed by atoms with Crippen molar-refractivity contribution in [1.82, 2.24) is 0 Å². The number of amides is 1. The van der Waals surface area contributed by atoms with Crippen LogP contribution in [0.3, 0.4) is 0 Å². The van der Waals surface area contributed by atoms with Gasteiger partial charge in [0.2, 0.25) is 0 Å². The quantitative estimate of drug-likeness (QED) is 0.775. The van der Waals surface area contributed by atoms with Gasteiger partial charge in [0.15, 0.2) is 0 Å². The number of benzene rings is 2. The highest BCUT2D eigenvalue weighted by atomic mass is 79.9. The highest BCUT2D eigenvalue weighted by Crippen LogP contribution is 2.23. The van der Waals surface area contributed by atoms with Gasteiger partial charge in [-0.3, -0.25) is 4.79 Å². The summed E-state index contributed by atoms with van der Waals surface area (Å²) in [5.74, 6) is -0.145. The van der Waals surface area contributed by atoms with Crippen LogP contribution in [-0.4, -0.2) is 19.6 Å². The topological polar surface area (TPSA) is 38.3 Å². The summed E-state index contributed by atoms with van der Waals surface area (Å²) in [5.41, 5.74) is 2.45. The Kier molecular flexibility index (Phi) is 5.96. The number of rotatable bonds is 5. The van der Waals surface area contributed by atoms with Crippen LogP contribution in [-0.2, 0) is 11.2 Å². The Bertz CT molecular complexity index is 644. The third-order valence-electron chi connectivity index (χ3n) is 3.01. The third-order valence-corrected chi connectivity index (χ3v) is 4.20. The van der Waals surface area contributed by atoms with Crippen molar-refractivity contribution >= 4 is 43.5 Å². The molecule has 0 fully saturated rings. The van der Waals surface area contributed by atoms with Crippen LogP contribution in [0.15, 0.2) is 51.4 Å². The molecule has 0 bridgehead atoms. The summed E-state index contributed by atoms with van der Waals surface area (Å²) in [4.78, 5) is 12.4. The van der Waals surface area contributed by atoms with Crippen LogP contribution in [0.4, 0.5) is 5.69 Å². The van der Waals surface area contributed by atoms with Gasteiger partial charge in [-0.05, 0) is 52.2 Å². The second kappa shape index (κ2) is 7.73. The van der Waals surface area contributed by atoms with E-state index in [9.17, 15) is 4.79 Å². The smallest absolute Gasteiger partial charge is 0.256 e. The molecule has 2 aromatic rings. The van der Waals surface area contributed by atoms with Gasteiger partial charge in [0, 0.05) is 21.7 Å². The van der Waals surface area contributed by atoms with Crippen LogP contribution in [0.25, 0.3) is 0 Å². The van der Waals surface area contributed by atoms with Crippen LogP contribution in [0.1, 0.15) is 15.9 Å². The average Bonchev–Trinajstić information content (AvgIpc) is 2.48. The van der Waals surface area contributed by atoms with E-state index in [-0.39, 0.29) is 5.91 Å². The van der Waals surface area contributed by atoms with Crippen molar-refractivity contribution in [2.24, 2.45) is 0 Å². The predicted octanol–water partition coefficient (Wildman–Crippen LogP) is 4.65. The fourth-order valence-electron chi connectivity index (χ4n) is 1.93. The zero-order valence-electron chi connectivity index (χ0n) is 11.5. The molecule has 0 heterocycles. The Hall–Kier alpha value is -1.17. The van der Waals surface area contributed by atoms with Crippen LogP contribution < -0.4 is 5.32 Å². The van der Waals surface area contributed by atoms with Crippen molar-refractivity contribution in [3.05, 3.63) is 62.5 Å². The standard InChI is InChI=1S/C16H15Br2NO2/c1-21-9-8-11-4-2-3-5-15(11)19-16(20)13-10-12(17)6-7-14(13)18/h2-7,10H,8-9H2,1H3,(H,19,20). The van der Waals surface area contributed by atoms with E-state index in [1.54, 1.807) is 13.2 Å². The maximum atomic E-state index is 12.4. The van der Waals surface area contributed by atoms with Crippen LogP contribution in [0.5, 0.6) is 0 Å². The molecule has 1 N–H and O–H groups in total. The first kappa shape index (κ1) is 16.2. The highest BCUT2D eigenvalue weighted by Gasteiger charge is 2.12. The van der Waals surface area contributed by atoms with Crippen molar-refractivity contribution in [3.63, 3.8) is 0 Å². The summed E-state index contributed by atoms with van der Waals surface area (Å²) < 4.78 is 6.72. The van der Waals surface area contributed by atoms with E-state index in [2.05, 4.69) is 37.2 Å². The van der Waals surface area contributed by atoms with E-state index in [4.69, 9.17) is 4.74 Å². The molecule has 2 aromatic carbocycles. The summed E-state index contributed by atoms with van der Waals surface area (Å²) >= 11 is 6.78. The van der Waals surface area contributed by atoms with Gasteiger partial charge >= 0.3 is 0 Å². The summed E-state index contributed by atoms with van der Waals surface area (Å²) in [5, 5.41) is 2.96. The Balaban J connectivity index is 2.21. The first-order valence-electron chi connectivity index (χ1n) is 6.45. The van der Waals surface area contributed by atoms with Crippen molar-refractivity contribution in [2.75, 3.05) is 19.0 Å². The maximum Gasteiger partial charge on any atom is 0.256 e. The summed E-state index contributed by atoms with van der Waals surface area (Å²) in [6.07, 6.45) is 0.757. The van der Waals surface area contributed by atoms with Crippen molar-refractivity contribution < 1.29 is 9.53 Å². The van der Waals surface area contributed by atoms with Crippen LogP contribution in [0.2, 0.25) is 0 Å². The normalized spacial score (nSPS) is 10.4. The maximum absolute atomic E-state index is 12.4. The van der Waals surface area contributed by atoms with Gasteiger partial charge in [0.1, 0.15) is 0 Å². The lowest BCUT2D eigenvalue weighted by molar-refractivity contribution is 0.102. The minimum atomic E-state index is -0.145. The number of ether oxygens (including phenoxy) is 1. The van der Waals surface area contributed by atoms with Gasteiger partial charge in [-0.1, -0.05) is 34.1 Å². The van der Waals surface area contributed by atoms with E-state index in [1.807, 2.05) is 36.4 Å². The Morgan fingerprint density at radius 2 is 1.95 bits per heavy atom. The lowest BCUT2D eigenvalue weighted by atomic mass is 10.1. The largest absolute Gasteiger partial charge is 0.384 e. The fourth-order valence-corrected chi connectivity index (χ4v) is 2.72. The van der Waals surface area contributed by atoms with Gasteiger partial charge in [-0.2, -0.15) is 0 Å². The van der Waals surface area contributed by atoms with Gasteiger partial charge < -0.3 is 10.1 Å². The van der Waals surface area contributed by atoms with Gasteiger partial charge in [-0.25, -0.2) is 0 Å². The van der Waals surface area contributed by atoms with Crippen molar-refractivity contribution in [1.29, 1.82) is 0 Å². The number of para-hydroxylation sites is 1. The highest BCUT2D eigenvalue weighted by molar-refractivity contribution is 9.11. The summed E-state index contributed by atoms with van der Waals surface area (Å²) in [6, 6.07) is 13.3. The van der Waals surface area contributed by atoms with E-state index in [1.165, 1.54) is 0 Å². The molecular formula is C16H15Br2NO2. The molecule has 0 aliphatic rings. The molecule has 0 unspecified atom stereocenters. The van der Waals surface area contributed by atoms with Gasteiger partial charge in [-0.15, -0.1) is 0 Å². The minimum absolute atomic E-state index is 0.145. The molecule has 0 aliphatic carbocycles. The Morgan fingerprint density at radius 3 is 2.71 bits per heavy atom. The number of methoxy groups -OCH3 is 1. The minimum Gasteiger partial charge on any atom is -0.384 e. The van der Waals surface area contributed by atoms with E-state index in [0.29, 0.717) is 12.2 Å². The van der Waals surface area contributed by atoms with Crippen LogP contribution >= 0.6 is 31.9 Å². The number of hydrogen-bond donors (Lipinski definition) is 1. The third kappa shape index (κ3) is 4.40. The SMILES string of the molecule is COCCc1ccccc1NC(=O)c1cc(Br)ccc1Br. The lowest BCUT2D eigenvalue weighted by Crippen LogP contribution is -2.14. The first-order valence-corrected chi connectivity index (χ1v) is 8.03. The molecule has 21 heavy (non-hydrogen) atoms. The molecule has 0 atom stereocenters. The molecule has 1 amide bonds. The van der Waals surface area contributed by atoms with Gasteiger partial charge in [0.25, 0.3) is 5.91 Å². The number of halogens is 2. The summed E-state index contributed by atoms with van der Waals surface area (Å²) in [6.45, 7) is 0.619. The predicted molar refractivity (Wildman–Crippen MR) is 91.8 cm³/mol. The molecule has 110 valence electrons. The molecule has 0 aromatic heterocycles. The average molecular weight is 413 g/mol. The fraction of sp³-hybridized carbons (Fsp3) is 0.188. The lowest BCUT2D eigenvalue weighted by Gasteiger charge is -2.12. The molecule has 3 nitrogen and oxygen atoms in total. The number of carbonyl (C=O) groups is 1. The van der Waals surface area contributed by atoms with E-state index >= 15 is 0 Å². The van der Waals surface area contributed by atoms with Crippen molar-refractivity contribution in [2.45, 2.75) is 6.42 Å². The second-order valence-electron chi connectivity index (χ2n) is 4.48. The Labute approximate surface area is 141 Å². The monoisotopic (exact) mass is 411 g/mol. The van der Waals surface area contributed by atoms with Gasteiger partial charge in [0.05, 0.1) is 12.2 Å². The number of hydrogen-bond acceptors (Lipinski definition) is 2. The number of anilines is 1. The molecule has 0 spiro atoms. The first-order chi connectivity index (χ1) is 10.1.